The van der Waals surface area contributed by atoms with Gasteiger partial charge in [-0.1, -0.05) is 42.4 Å². The maximum atomic E-state index is 14.5. The maximum absolute atomic E-state index is 14.5. The Kier molecular flexibility index (Phi) is 9.26. The summed E-state index contributed by atoms with van der Waals surface area (Å²) >= 11 is 1.35. The third-order valence-corrected chi connectivity index (χ3v) is 11.3. The number of rotatable bonds is 6. The quantitative estimate of drug-likeness (QED) is 0.194. The number of nitrogens with zero attached hydrogens (tertiary/aromatic N) is 2. The van der Waals surface area contributed by atoms with Crippen LogP contribution in [0, 0.1) is 18.7 Å². The average Bonchev–Trinajstić information content (AvgIpc) is 3.84. The first-order valence-electron chi connectivity index (χ1n) is 17.5. The van der Waals surface area contributed by atoms with E-state index in [9.17, 15) is 31.9 Å². The molecule has 0 bridgehead atoms. The van der Waals surface area contributed by atoms with Gasteiger partial charge in [-0.05, 0) is 88.3 Å². The summed E-state index contributed by atoms with van der Waals surface area (Å²) in [5, 5.41) is 9.39. The van der Waals surface area contributed by atoms with E-state index in [1.807, 2.05) is 44.2 Å². The van der Waals surface area contributed by atoms with E-state index in [0.717, 1.165) is 60.0 Å². The lowest BCUT2D eigenvalue weighted by Gasteiger charge is -2.30. The van der Waals surface area contributed by atoms with Crippen LogP contribution in [0.4, 0.5) is 23.2 Å². The van der Waals surface area contributed by atoms with Gasteiger partial charge in [0.25, 0.3) is 5.19 Å². The second kappa shape index (κ2) is 13.4. The number of fused-ring (bicyclic) bond motifs is 3. The molecule has 51 heavy (non-hydrogen) atoms. The molecule has 1 saturated heterocycles. The van der Waals surface area contributed by atoms with E-state index in [1.165, 1.54) is 16.2 Å². The van der Waals surface area contributed by atoms with Gasteiger partial charge in [0, 0.05) is 23.6 Å². The lowest BCUT2D eigenvalue weighted by atomic mass is 10.0. The van der Waals surface area contributed by atoms with Gasteiger partial charge >= 0.3 is 6.18 Å². The van der Waals surface area contributed by atoms with Gasteiger partial charge in [-0.25, -0.2) is 9.37 Å². The van der Waals surface area contributed by atoms with Crippen molar-refractivity contribution in [2.75, 3.05) is 11.9 Å². The molecule has 5 atom stereocenters. The van der Waals surface area contributed by atoms with E-state index in [2.05, 4.69) is 20.9 Å². The lowest BCUT2D eigenvalue weighted by molar-refractivity contribution is -0.140. The zero-order valence-electron chi connectivity index (χ0n) is 28.4. The Morgan fingerprint density at radius 2 is 1.92 bits per heavy atom. The van der Waals surface area contributed by atoms with E-state index in [-0.39, 0.29) is 42.4 Å². The number of hydrogen-bond donors (Lipinski definition) is 3. The minimum atomic E-state index is -4.79. The highest BCUT2D eigenvalue weighted by Crippen LogP contribution is 2.47. The van der Waals surface area contributed by atoms with Crippen LogP contribution in [0.2, 0.25) is 0 Å². The predicted molar refractivity (Wildman–Crippen MR) is 185 cm³/mol. The summed E-state index contributed by atoms with van der Waals surface area (Å²) in [6, 6.07) is 5.84. The molecule has 2 aromatic carbocycles. The topological polar surface area (TPSA) is 113 Å². The van der Waals surface area contributed by atoms with Crippen LogP contribution in [-0.4, -0.2) is 63.4 Å². The molecule has 0 radical (unpaired) electrons. The second-order valence-electron chi connectivity index (χ2n) is 14.7. The SMILES string of the molecule is Cc1ccc2nc(O[C@@H]3C[C@H]4C(=O)N[C@]5(C(=O)NC6(C)CC6)C[C@H]5/C=C\CCCCC[C@H](Nc5cc(F)cc(C(F)(F)F)c5)C(=O)N4C3)sc2c1. The number of carbonyl (C=O) groups excluding carboxylic acids is 3. The summed E-state index contributed by atoms with van der Waals surface area (Å²) in [6.45, 7) is 3.94. The Hall–Kier alpha value is -4.20. The molecule has 3 heterocycles. The van der Waals surface area contributed by atoms with Gasteiger partial charge in [-0.3, -0.25) is 14.4 Å². The molecule has 3 amide bonds. The van der Waals surface area contributed by atoms with Crippen molar-refractivity contribution in [2.24, 2.45) is 5.92 Å². The number of benzene rings is 2. The molecular weight excluding hydrogens is 686 g/mol. The van der Waals surface area contributed by atoms with Crippen LogP contribution in [-0.2, 0) is 20.6 Å². The summed E-state index contributed by atoms with van der Waals surface area (Å²) in [6.07, 6.45) is 3.84. The monoisotopic (exact) mass is 727 g/mol. The van der Waals surface area contributed by atoms with Crippen molar-refractivity contribution in [3.8, 4) is 5.19 Å². The number of carbonyl (C=O) groups is 3. The van der Waals surface area contributed by atoms with E-state index >= 15 is 0 Å². The number of ether oxygens (including phenoxy) is 1. The first-order valence-corrected chi connectivity index (χ1v) is 18.3. The average molecular weight is 728 g/mol. The highest BCUT2D eigenvalue weighted by Gasteiger charge is 2.62. The largest absolute Gasteiger partial charge is 0.465 e. The molecule has 3 fully saturated rings. The molecule has 3 aromatic rings. The van der Waals surface area contributed by atoms with Crippen molar-refractivity contribution in [2.45, 2.75) is 107 Å². The number of halogens is 4. The number of anilines is 1. The van der Waals surface area contributed by atoms with Crippen LogP contribution in [0.25, 0.3) is 10.2 Å². The molecule has 0 spiro atoms. The Morgan fingerprint density at radius 1 is 1.12 bits per heavy atom. The number of aryl methyl sites for hydroxylation is 1. The predicted octanol–water partition coefficient (Wildman–Crippen LogP) is 6.66. The van der Waals surface area contributed by atoms with Crippen LogP contribution in [0.5, 0.6) is 5.19 Å². The number of hydrogen-bond acceptors (Lipinski definition) is 7. The van der Waals surface area contributed by atoms with Gasteiger partial charge in [0.05, 0.1) is 22.3 Å². The van der Waals surface area contributed by atoms with Crippen LogP contribution < -0.4 is 20.7 Å². The minimum Gasteiger partial charge on any atom is -0.465 e. The Labute approximate surface area is 297 Å². The van der Waals surface area contributed by atoms with Gasteiger partial charge in [-0.2, -0.15) is 13.2 Å². The maximum Gasteiger partial charge on any atom is 0.416 e. The number of thiazole rings is 1. The highest BCUT2D eigenvalue weighted by atomic mass is 32.1. The van der Waals surface area contributed by atoms with Gasteiger partial charge in [0.2, 0.25) is 17.7 Å². The van der Waals surface area contributed by atoms with Crippen LogP contribution >= 0.6 is 11.3 Å². The van der Waals surface area contributed by atoms with E-state index in [0.29, 0.717) is 24.1 Å². The summed E-state index contributed by atoms with van der Waals surface area (Å²) in [4.78, 5) is 48.4. The third kappa shape index (κ3) is 7.70. The Bertz CT molecular complexity index is 1880. The molecule has 4 aliphatic rings. The molecule has 7 rings (SSSR count). The summed E-state index contributed by atoms with van der Waals surface area (Å²) < 4.78 is 62.4. The van der Waals surface area contributed by atoms with E-state index < -0.39 is 53.1 Å². The number of alkyl halides is 3. The number of nitrogens with one attached hydrogen (secondary N) is 3. The lowest BCUT2D eigenvalue weighted by Crippen LogP contribution is -2.58. The van der Waals surface area contributed by atoms with Crippen molar-refractivity contribution in [1.29, 1.82) is 0 Å². The number of aromatic nitrogens is 1. The minimum absolute atomic E-state index is 0.00159. The first-order chi connectivity index (χ1) is 24.2. The van der Waals surface area contributed by atoms with E-state index in [1.54, 1.807) is 0 Å². The normalized spacial score (nSPS) is 28.5. The summed E-state index contributed by atoms with van der Waals surface area (Å²) in [5.74, 6) is -2.59. The summed E-state index contributed by atoms with van der Waals surface area (Å²) in [5.41, 5.74) is -1.02. The molecule has 272 valence electrons. The molecule has 0 unspecified atom stereocenters. The molecule has 1 aromatic heterocycles. The molecule has 2 saturated carbocycles. The Balaban J connectivity index is 1.19. The van der Waals surface area contributed by atoms with Crippen LogP contribution in [0.1, 0.15) is 75.8 Å². The zero-order chi connectivity index (χ0) is 36.1. The fraction of sp³-hybridized carbons (Fsp3) is 0.514. The van der Waals surface area contributed by atoms with Crippen LogP contribution in [0.3, 0.4) is 0 Å². The number of allylic oxidation sites excluding steroid dienone is 1. The smallest absolute Gasteiger partial charge is 0.416 e. The molecule has 3 N–H and O–H groups in total. The molecule has 14 heteroatoms. The van der Waals surface area contributed by atoms with Gasteiger partial charge in [0.1, 0.15) is 29.5 Å². The third-order valence-electron chi connectivity index (χ3n) is 10.4. The van der Waals surface area contributed by atoms with E-state index in [4.69, 9.17) is 4.74 Å². The molecule has 9 nitrogen and oxygen atoms in total. The molecule has 2 aliphatic carbocycles. The molecule has 2 aliphatic heterocycles. The van der Waals surface area contributed by atoms with Gasteiger partial charge < -0.3 is 25.6 Å². The second-order valence-corrected chi connectivity index (χ2v) is 15.7. The fourth-order valence-corrected chi connectivity index (χ4v) is 8.08. The van der Waals surface area contributed by atoms with Crippen molar-refractivity contribution >= 4 is 45.0 Å². The Morgan fingerprint density at radius 3 is 2.69 bits per heavy atom. The van der Waals surface area contributed by atoms with Crippen LogP contribution in [0.15, 0.2) is 48.6 Å². The van der Waals surface area contributed by atoms with Gasteiger partial charge in [-0.15, -0.1) is 0 Å². The van der Waals surface area contributed by atoms with Crippen molar-refractivity contribution in [3.05, 3.63) is 65.5 Å². The summed E-state index contributed by atoms with van der Waals surface area (Å²) in [7, 11) is 0. The van der Waals surface area contributed by atoms with Crippen molar-refractivity contribution in [1.82, 2.24) is 20.5 Å². The van der Waals surface area contributed by atoms with Gasteiger partial charge in [0.15, 0.2) is 0 Å². The zero-order valence-corrected chi connectivity index (χ0v) is 29.3. The first kappa shape index (κ1) is 35.2. The number of amides is 3. The fourth-order valence-electron chi connectivity index (χ4n) is 7.11. The van der Waals surface area contributed by atoms with Crippen molar-refractivity contribution < 1.29 is 36.7 Å². The van der Waals surface area contributed by atoms with Crippen molar-refractivity contribution in [3.63, 3.8) is 0 Å². The standard InChI is InChI=1S/C37H41F4N5O4S/c1-21-10-11-27-30(14-21)51-34(43-27)50-26-18-29-31(47)44-36(33(49)45-35(2)12-13-35)19-22(36)8-6-4-3-5-7-9-28(32(48)46(29)20-26)42-25-16-23(37(39,40)41)15-24(38)17-25/h6,8,10-11,14-17,22,26,28-29,42H,3-5,7,9,12-13,18-20H2,1-2H3,(H,44,47)(H,45,49)/b8-6-/t22-,26-,28+,29+,36-/m1/s1. The highest BCUT2D eigenvalue weighted by molar-refractivity contribution is 7.20. The molecular formula is C37H41F4N5O4S.